The molecule has 0 atom stereocenters. The van der Waals surface area contributed by atoms with Gasteiger partial charge in [-0.25, -0.2) is 8.78 Å². The number of anilines is 2. The Kier molecular flexibility index (Phi) is 5.91. The van der Waals surface area contributed by atoms with E-state index in [1.165, 1.54) is 25.7 Å². The zero-order valence-electron chi connectivity index (χ0n) is 19.4. The van der Waals surface area contributed by atoms with Crippen LogP contribution in [-0.4, -0.2) is 41.0 Å². The van der Waals surface area contributed by atoms with Crippen molar-refractivity contribution in [2.24, 2.45) is 5.41 Å². The van der Waals surface area contributed by atoms with Crippen molar-refractivity contribution in [2.75, 3.05) is 29.6 Å². The lowest BCUT2D eigenvalue weighted by atomic mass is 9.92. The standard InChI is InChI=1S/C25H32F2N4OS/c1-17-15-22(29-31(17)18-5-7-25(26,27)8-6-18)28-23(32)20-4-3-19(33-2)16-21(20)30-13-11-24(9-10-24)12-14-30/h3-4,15-16,18H,5-14H2,1-2H3,(H,28,29,32). The van der Waals surface area contributed by atoms with E-state index in [0.29, 0.717) is 29.6 Å². The van der Waals surface area contributed by atoms with Gasteiger partial charge in [0.1, 0.15) is 0 Å². The molecule has 2 aliphatic carbocycles. The Morgan fingerprint density at radius 2 is 1.79 bits per heavy atom. The second-order valence-electron chi connectivity index (χ2n) is 10.0. The van der Waals surface area contributed by atoms with Crippen molar-refractivity contribution < 1.29 is 13.6 Å². The first-order chi connectivity index (χ1) is 15.8. The summed E-state index contributed by atoms with van der Waals surface area (Å²) in [6.45, 7) is 3.88. The maximum absolute atomic E-state index is 13.6. The molecule has 2 saturated carbocycles. The lowest BCUT2D eigenvalue weighted by Crippen LogP contribution is -2.35. The molecule has 5 rings (SSSR count). The van der Waals surface area contributed by atoms with E-state index in [9.17, 15) is 13.6 Å². The summed E-state index contributed by atoms with van der Waals surface area (Å²) in [6, 6.07) is 7.80. The molecule has 1 saturated heterocycles. The summed E-state index contributed by atoms with van der Waals surface area (Å²) in [5.41, 5.74) is 3.09. The van der Waals surface area contributed by atoms with Crippen LogP contribution in [0.3, 0.4) is 0 Å². The third-order valence-corrected chi connectivity index (χ3v) is 8.49. The maximum Gasteiger partial charge on any atom is 0.258 e. The van der Waals surface area contributed by atoms with Gasteiger partial charge in [0, 0.05) is 42.6 Å². The molecule has 178 valence electrons. The van der Waals surface area contributed by atoms with Gasteiger partial charge in [-0.05, 0) is 75.3 Å². The molecular formula is C25H32F2N4OS. The lowest BCUT2D eigenvalue weighted by molar-refractivity contribution is -0.0451. The summed E-state index contributed by atoms with van der Waals surface area (Å²) in [5.74, 6) is -2.27. The van der Waals surface area contributed by atoms with Gasteiger partial charge in [0.2, 0.25) is 5.92 Å². The number of aryl methyl sites for hydroxylation is 1. The van der Waals surface area contributed by atoms with E-state index in [4.69, 9.17) is 0 Å². The Balaban J connectivity index is 1.33. The van der Waals surface area contributed by atoms with Crippen LogP contribution in [0.5, 0.6) is 0 Å². The lowest BCUT2D eigenvalue weighted by Gasteiger charge is -2.35. The number of thioether (sulfide) groups is 1. The van der Waals surface area contributed by atoms with E-state index >= 15 is 0 Å². The van der Waals surface area contributed by atoms with Crippen LogP contribution >= 0.6 is 11.8 Å². The smallest absolute Gasteiger partial charge is 0.258 e. The van der Waals surface area contributed by atoms with E-state index in [1.807, 2.05) is 36.1 Å². The van der Waals surface area contributed by atoms with E-state index in [2.05, 4.69) is 21.4 Å². The average Bonchev–Trinajstić information content (AvgIpc) is 3.46. The van der Waals surface area contributed by atoms with Gasteiger partial charge in [-0.2, -0.15) is 5.10 Å². The summed E-state index contributed by atoms with van der Waals surface area (Å²) in [5, 5.41) is 7.54. The second kappa shape index (κ2) is 8.60. The highest BCUT2D eigenvalue weighted by molar-refractivity contribution is 7.98. The predicted octanol–water partition coefficient (Wildman–Crippen LogP) is 6.30. The van der Waals surface area contributed by atoms with Crippen LogP contribution in [0.15, 0.2) is 29.2 Å². The highest BCUT2D eigenvalue weighted by atomic mass is 32.2. The Bertz CT molecular complexity index is 1030. The molecule has 1 N–H and O–H groups in total. The van der Waals surface area contributed by atoms with Crippen molar-refractivity contribution in [2.45, 2.75) is 75.2 Å². The van der Waals surface area contributed by atoms with Crippen LogP contribution in [0.4, 0.5) is 20.3 Å². The summed E-state index contributed by atoms with van der Waals surface area (Å²) in [4.78, 5) is 16.8. The molecule has 8 heteroatoms. The first-order valence-corrected chi connectivity index (χ1v) is 13.2. The van der Waals surface area contributed by atoms with E-state index in [0.717, 1.165) is 29.4 Å². The predicted molar refractivity (Wildman–Crippen MR) is 129 cm³/mol. The molecule has 3 aliphatic rings. The van der Waals surface area contributed by atoms with Gasteiger partial charge >= 0.3 is 0 Å². The van der Waals surface area contributed by atoms with Crippen molar-refractivity contribution in [1.82, 2.24) is 9.78 Å². The minimum absolute atomic E-state index is 0.0465. The maximum atomic E-state index is 13.6. The molecule has 1 spiro atoms. The molecule has 5 nitrogen and oxygen atoms in total. The summed E-state index contributed by atoms with van der Waals surface area (Å²) in [7, 11) is 0. The van der Waals surface area contributed by atoms with Crippen molar-refractivity contribution in [3.63, 3.8) is 0 Å². The molecule has 3 fully saturated rings. The molecule has 1 aromatic carbocycles. The number of nitrogens with zero attached hydrogens (tertiary/aromatic N) is 3. The molecule has 2 heterocycles. The fraction of sp³-hybridized carbons (Fsp3) is 0.600. The quantitative estimate of drug-likeness (QED) is 0.517. The number of nitrogens with one attached hydrogen (secondary N) is 1. The van der Waals surface area contributed by atoms with Gasteiger partial charge in [0.05, 0.1) is 17.3 Å². The van der Waals surface area contributed by atoms with E-state index in [1.54, 1.807) is 11.8 Å². The van der Waals surface area contributed by atoms with Crippen LogP contribution in [0.25, 0.3) is 0 Å². The highest BCUT2D eigenvalue weighted by Crippen LogP contribution is 2.54. The number of hydrogen-bond donors (Lipinski definition) is 1. The Labute approximate surface area is 198 Å². The SMILES string of the molecule is CSc1ccc(C(=O)Nc2cc(C)n(C3CCC(F)(F)CC3)n2)c(N2CCC3(CC2)CC3)c1. The molecule has 33 heavy (non-hydrogen) atoms. The second-order valence-corrected chi connectivity index (χ2v) is 10.9. The third-order valence-electron chi connectivity index (χ3n) is 7.77. The number of aromatic nitrogens is 2. The molecule has 0 bridgehead atoms. The van der Waals surface area contributed by atoms with Crippen LogP contribution in [0, 0.1) is 12.3 Å². The van der Waals surface area contributed by atoms with E-state index in [-0.39, 0.29) is 24.8 Å². The number of hydrogen-bond acceptors (Lipinski definition) is 4. The average molecular weight is 475 g/mol. The normalized spacial score (nSPS) is 21.9. The number of alkyl halides is 2. The summed E-state index contributed by atoms with van der Waals surface area (Å²) >= 11 is 1.68. The van der Waals surface area contributed by atoms with Gasteiger partial charge in [0.25, 0.3) is 5.91 Å². The minimum Gasteiger partial charge on any atom is -0.371 e. The number of benzene rings is 1. The number of carbonyl (C=O) groups is 1. The van der Waals surface area contributed by atoms with Gasteiger partial charge in [-0.1, -0.05) is 0 Å². The van der Waals surface area contributed by atoms with Crippen molar-refractivity contribution >= 4 is 29.2 Å². The molecule has 2 aromatic rings. The topological polar surface area (TPSA) is 50.2 Å². The Morgan fingerprint density at radius 3 is 2.42 bits per heavy atom. The largest absolute Gasteiger partial charge is 0.371 e. The molecular weight excluding hydrogens is 442 g/mol. The molecule has 1 amide bonds. The first kappa shape index (κ1) is 22.7. The van der Waals surface area contributed by atoms with Crippen molar-refractivity contribution in [1.29, 1.82) is 0 Å². The van der Waals surface area contributed by atoms with Gasteiger partial charge in [0.15, 0.2) is 5.82 Å². The summed E-state index contributed by atoms with van der Waals surface area (Å²) < 4.78 is 28.9. The Morgan fingerprint density at radius 1 is 1.09 bits per heavy atom. The number of piperidine rings is 1. The van der Waals surface area contributed by atoms with Crippen LogP contribution in [0.1, 0.15) is 73.5 Å². The van der Waals surface area contributed by atoms with Crippen LogP contribution in [0.2, 0.25) is 0 Å². The fourth-order valence-electron chi connectivity index (χ4n) is 5.36. The van der Waals surface area contributed by atoms with Crippen LogP contribution in [-0.2, 0) is 0 Å². The van der Waals surface area contributed by atoms with E-state index < -0.39 is 5.92 Å². The zero-order chi connectivity index (χ0) is 23.2. The number of halogens is 2. The monoisotopic (exact) mass is 474 g/mol. The highest BCUT2D eigenvalue weighted by Gasteiger charge is 2.44. The molecule has 0 unspecified atom stereocenters. The third kappa shape index (κ3) is 4.77. The van der Waals surface area contributed by atoms with Crippen molar-refractivity contribution in [3.8, 4) is 0 Å². The van der Waals surface area contributed by atoms with Gasteiger partial charge in [-0.15, -0.1) is 11.8 Å². The molecule has 0 radical (unpaired) electrons. The zero-order valence-corrected chi connectivity index (χ0v) is 20.2. The van der Waals surface area contributed by atoms with Gasteiger partial charge in [-0.3, -0.25) is 9.48 Å². The number of carbonyl (C=O) groups excluding carboxylic acids is 1. The van der Waals surface area contributed by atoms with Crippen LogP contribution < -0.4 is 10.2 Å². The first-order valence-electron chi connectivity index (χ1n) is 12.0. The molecule has 1 aromatic heterocycles. The number of rotatable bonds is 5. The Hall–Kier alpha value is -2.09. The van der Waals surface area contributed by atoms with Gasteiger partial charge < -0.3 is 10.2 Å². The summed E-state index contributed by atoms with van der Waals surface area (Å²) in [6.07, 6.45) is 7.72. The minimum atomic E-state index is -2.57. The fourth-order valence-corrected chi connectivity index (χ4v) is 5.80. The van der Waals surface area contributed by atoms with Crippen molar-refractivity contribution in [3.05, 3.63) is 35.5 Å². The number of amides is 1. The molecule has 1 aliphatic heterocycles.